The first kappa shape index (κ1) is 14.9. The minimum absolute atomic E-state index is 0.160. The molecule has 0 aliphatic carbocycles. The van der Waals surface area contributed by atoms with E-state index in [0.717, 1.165) is 10.9 Å². The number of carbonyl (C=O) groups excluding carboxylic acids is 1. The Labute approximate surface area is 128 Å². The van der Waals surface area contributed by atoms with E-state index in [2.05, 4.69) is 9.97 Å². The summed E-state index contributed by atoms with van der Waals surface area (Å²) in [5.41, 5.74) is 0.833. The van der Waals surface area contributed by atoms with Crippen LogP contribution in [0.4, 0.5) is 0 Å². The number of carbonyl (C=O) groups is 1. The quantitative estimate of drug-likeness (QED) is 0.807. The molecule has 0 amide bonds. The van der Waals surface area contributed by atoms with Gasteiger partial charge >= 0.3 is 5.97 Å². The van der Waals surface area contributed by atoms with E-state index >= 15 is 0 Å². The molecule has 3 rings (SSSR count). The largest absolute Gasteiger partial charge is 0.459 e. The van der Waals surface area contributed by atoms with Crippen molar-refractivity contribution in [2.45, 2.75) is 25.6 Å². The van der Waals surface area contributed by atoms with Crippen molar-refractivity contribution >= 4 is 16.9 Å². The molecule has 6 nitrogen and oxygen atoms in total. The Hall–Kier alpha value is -2.05. The van der Waals surface area contributed by atoms with E-state index < -0.39 is 5.97 Å². The molecule has 1 saturated heterocycles. The highest BCUT2D eigenvalue weighted by Crippen LogP contribution is 2.19. The highest BCUT2D eigenvalue weighted by atomic mass is 16.6. The van der Waals surface area contributed by atoms with Crippen LogP contribution in [0.3, 0.4) is 0 Å². The molecule has 22 heavy (non-hydrogen) atoms. The average Bonchev–Trinajstić information content (AvgIpc) is 2.51. The van der Waals surface area contributed by atoms with E-state index in [9.17, 15) is 4.79 Å². The number of rotatable bonds is 3. The van der Waals surface area contributed by atoms with Gasteiger partial charge in [0, 0.05) is 24.0 Å². The van der Waals surface area contributed by atoms with Crippen LogP contribution in [0.25, 0.3) is 10.9 Å². The minimum Gasteiger partial charge on any atom is -0.459 e. The van der Waals surface area contributed by atoms with Gasteiger partial charge in [-0.2, -0.15) is 0 Å². The first-order valence-corrected chi connectivity index (χ1v) is 7.16. The molecular weight excluding hydrogens is 284 g/mol. The fraction of sp³-hybridized carbons (Fsp3) is 0.438. The third kappa shape index (κ3) is 3.40. The fourth-order valence-corrected chi connectivity index (χ4v) is 2.37. The molecule has 0 radical (unpaired) electrons. The van der Waals surface area contributed by atoms with Crippen molar-refractivity contribution in [3.63, 3.8) is 0 Å². The Morgan fingerprint density at radius 1 is 1.45 bits per heavy atom. The van der Waals surface area contributed by atoms with Crippen LogP contribution in [0.2, 0.25) is 0 Å². The molecule has 0 aromatic carbocycles. The Morgan fingerprint density at radius 2 is 2.32 bits per heavy atom. The molecule has 1 aliphatic rings. The number of hydrogen-bond acceptors (Lipinski definition) is 6. The topological polar surface area (TPSA) is 70.5 Å². The van der Waals surface area contributed by atoms with Crippen molar-refractivity contribution < 1.29 is 19.0 Å². The summed E-state index contributed by atoms with van der Waals surface area (Å²) in [6.45, 7) is 5.02. The van der Waals surface area contributed by atoms with E-state index in [1.165, 1.54) is 6.20 Å². The van der Waals surface area contributed by atoms with Crippen molar-refractivity contribution in [1.29, 1.82) is 0 Å². The fourth-order valence-electron chi connectivity index (χ4n) is 2.37. The highest BCUT2D eigenvalue weighted by molar-refractivity contribution is 5.93. The predicted octanol–water partition coefficient (Wildman–Crippen LogP) is 1.98. The van der Waals surface area contributed by atoms with E-state index in [0.29, 0.717) is 18.8 Å². The summed E-state index contributed by atoms with van der Waals surface area (Å²) in [6, 6.07) is 3.51. The molecule has 1 unspecified atom stereocenters. The number of ether oxygens (including phenoxy) is 3. The van der Waals surface area contributed by atoms with Gasteiger partial charge in [-0.05, 0) is 26.0 Å². The molecule has 0 bridgehead atoms. The summed E-state index contributed by atoms with van der Waals surface area (Å²) in [5.74, 6) is -0.426. The monoisotopic (exact) mass is 302 g/mol. The van der Waals surface area contributed by atoms with Gasteiger partial charge in [0.25, 0.3) is 0 Å². The van der Waals surface area contributed by atoms with E-state index in [4.69, 9.17) is 14.2 Å². The smallest absolute Gasteiger partial charge is 0.339 e. The Morgan fingerprint density at radius 3 is 3.14 bits per heavy atom. The average molecular weight is 302 g/mol. The van der Waals surface area contributed by atoms with Crippen molar-refractivity contribution in [2.75, 3.05) is 19.8 Å². The lowest BCUT2D eigenvalue weighted by atomic mass is 10.1. The first-order valence-electron chi connectivity index (χ1n) is 7.16. The first-order chi connectivity index (χ1) is 10.5. The number of pyridine rings is 2. The van der Waals surface area contributed by atoms with Gasteiger partial charge in [0.1, 0.15) is 12.7 Å². The van der Waals surface area contributed by atoms with Crippen LogP contribution in [0.15, 0.2) is 30.7 Å². The van der Waals surface area contributed by atoms with Crippen molar-refractivity contribution in [1.82, 2.24) is 9.97 Å². The molecular formula is C16H18N2O4. The van der Waals surface area contributed by atoms with Crippen LogP contribution in [-0.2, 0) is 14.2 Å². The summed E-state index contributed by atoms with van der Waals surface area (Å²) in [4.78, 5) is 20.4. The second kappa shape index (κ2) is 5.98. The van der Waals surface area contributed by atoms with E-state index in [-0.39, 0.29) is 18.3 Å². The van der Waals surface area contributed by atoms with Crippen LogP contribution < -0.4 is 0 Å². The second-order valence-electron chi connectivity index (χ2n) is 5.91. The van der Waals surface area contributed by atoms with Gasteiger partial charge < -0.3 is 14.2 Å². The van der Waals surface area contributed by atoms with Crippen LogP contribution in [-0.4, -0.2) is 47.5 Å². The second-order valence-corrected chi connectivity index (χ2v) is 5.91. The maximum atomic E-state index is 12.1. The van der Waals surface area contributed by atoms with Gasteiger partial charge in [0.2, 0.25) is 0 Å². The van der Waals surface area contributed by atoms with Crippen molar-refractivity contribution in [3.8, 4) is 0 Å². The number of aromatic nitrogens is 2. The normalized spacial score (nSPS) is 20.7. The van der Waals surface area contributed by atoms with Gasteiger partial charge in [0.05, 0.1) is 29.9 Å². The zero-order chi connectivity index (χ0) is 15.6. The molecule has 0 spiro atoms. The van der Waals surface area contributed by atoms with Crippen LogP contribution in [0.1, 0.15) is 24.2 Å². The summed E-state index contributed by atoms with van der Waals surface area (Å²) in [7, 11) is 0. The molecule has 0 N–H and O–H groups in total. The molecule has 2 aromatic rings. The maximum Gasteiger partial charge on any atom is 0.339 e. The molecule has 2 aromatic heterocycles. The van der Waals surface area contributed by atoms with Crippen molar-refractivity contribution in [3.05, 3.63) is 36.3 Å². The van der Waals surface area contributed by atoms with Gasteiger partial charge in [-0.3, -0.25) is 9.97 Å². The molecule has 116 valence electrons. The minimum atomic E-state index is -0.426. The number of esters is 1. The summed E-state index contributed by atoms with van der Waals surface area (Å²) in [5, 5.41) is 0.801. The lowest BCUT2D eigenvalue weighted by Gasteiger charge is -2.35. The SMILES string of the molecule is CC1(C)COCC(COC(=O)c2cnc3ccncc3c2)O1. The van der Waals surface area contributed by atoms with E-state index in [1.807, 2.05) is 13.8 Å². The third-order valence-corrected chi connectivity index (χ3v) is 3.36. The zero-order valence-electron chi connectivity index (χ0n) is 12.6. The zero-order valence-corrected chi connectivity index (χ0v) is 12.6. The number of nitrogens with zero attached hydrogens (tertiary/aromatic N) is 2. The van der Waals surface area contributed by atoms with Crippen LogP contribution in [0, 0.1) is 0 Å². The molecule has 3 heterocycles. The molecule has 0 saturated carbocycles. The third-order valence-electron chi connectivity index (χ3n) is 3.36. The number of fused-ring (bicyclic) bond motifs is 1. The number of hydrogen-bond donors (Lipinski definition) is 0. The molecule has 1 atom stereocenters. The van der Waals surface area contributed by atoms with Crippen LogP contribution >= 0.6 is 0 Å². The lowest BCUT2D eigenvalue weighted by molar-refractivity contribution is -0.192. The highest BCUT2D eigenvalue weighted by Gasteiger charge is 2.30. The van der Waals surface area contributed by atoms with Gasteiger partial charge in [-0.15, -0.1) is 0 Å². The molecule has 1 aliphatic heterocycles. The molecule has 6 heteroatoms. The van der Waals surface area contributed by atoms with Gasteiger partial charge in [0.15, 0.2) is 0 Å². The lowest BCUT2D eigenvalue weighted by Crippen LogP contribution is -2.45. The van der Waals surface area contributed by atoms with Gasteiger partial charge in [-0.25, -0.2) is 4.79 Å². The van der Waals surface area contributed by atoms with E-state index in [1.54, 1.807) is 24.5 Å². The maximum absolute atomic E-state index is 12.1. The standard InChI is InChI=1S/C16H18N2O4/c1-16(2)10-20-8-13(22-16)9-21-15(19)12-5-11-6-17-4-3-14(11)18-7-12/h3-7,13H,8-10H2,1-2H3. The Balaban J connectivity index is 1.63. The van der Waals surface area contributed by atoms with Crippen molar-refractivity contribution in [2.24, 2.45) is 0 Å². The predicted molar refractivity (Wildman–Crippen MR) is 79.6 cm³/mol. The summed E-state index contributed by atoms with van der Waals surface area (Å²) in [6.07, 6.45) is 4.59. The van der Waals surface area contributed by atoms with Gasteiger partial charge in [-0.1, -0.05) is 0 Å². The van der Waals surface area contributed by atoms with Crippen LogP contribution in [0.5, 0.6) is 0 Å². The Kier molecular flexibility index (Phi) is 4.04. The molecule has 1 fully saturated rings. The Bertz CT molecular complexity index is 687. The summed E-state index contributed by atoms with van der Waals surface area (Å²) >= 11 is 0. The summed E-state index contributed by atoms with van der Waals surface area (Å²) < 4.78 is 16.6.